The van der Waals surface area contributed by atoms with Gasteiger partial charge in [-0.15, -0.1) is 0 Å². The number of sulfonamides is 1. The average molecular weight is 361 g/mol. The summed E-state index contributed by atoms with van der Waals surface area (Å²) in [5.41, 5.74) is 0. The zero-order valence-electron chi connectivity index (χ0n) is 9.45. The van der Waals surface area contributed by atoms with E-state index in [4.69, 9.17) is 4.74 Å². The van der Waals surface area contributed by atoms with Crippen LogP contribution in [0.25, 0.3) is 0 Å². The maximum atomic E-state index is 11.6. The normalized spacial score (nSPS) is 21.4. The van der Waals surface area contributed by atoms with E-state index in [1.807, 2.05) is 0 Å². The van der Waals surface area contributed by atoms with E-state index in [1.54, 1.807) is 0 Å². The molecule has 0 radical (unpaired) electrons. The lowest BCUT2D eigenvalue weighted by Crippen LogP contribution is -2.32. The molecule has 0 saturated carbocycles. The Morgan fingerprint density at radius 1 is 1.31 bits per heavy atom. The molecule has 1 N–H and O–H groups in total. The van der Waals surface area contributed by atoms with Crippen molar-refractivity contribution >= 4 is 32.6 Å². The van der Waals surface area contributed by atoms with Crippen LogP contribution in [0.3, 0.4) is 0 Å². The first-order valence-corrected chi connectivity index (χ1v) is 8.97. The zero-order valence-corrected chi connectivity index (χ0v) is 12.4. The molecule has 1 fully saturated rings. The van der Waals surface area contributed by atoms with Crippen LogP contribution in [0.5, 0.6) is 0 Å². The van der Waals surface area contributed by atoms with E-state index in [1.165, 1.54) is 0 Å². The molecule has 0 aromatic rings. The Morgan fingerprint density at radius 3 is 2.75 bits per heavy atom. The summed E-state index contributed by atoms with van der Waals surface area (Å²) in [6.07, 6.45) is 4.94. The summed E-state index contributed by atoms with van der Waals surface area (Å²) in [5, 5.41) is 0. The Morgan fingerprint density at radius 2 is 2.12 bits per heavy atom. The molecule has 0 spiro atoms. The topological polar surface area (TPSA) is 55.4 Å². The van der Waals surface area contributed by atoms with Gasteiger partial charge in [-0.1, -0.05) is 29.0 Å². The summed E-state index contributed by atoms with van der Waals surface area (Å²) in [5.74, 6) is 0.124. The lowest BCUT2D eigenvalue weighted by Gasteiger charge is -2.10. The minimum absolute atomic E-state index is 0.0909. The summed E-state index contributed by atoms with van der Waals surface area (Å²) in [4.78, 5) is 0. The molecule has 1 aliphatic heterocycles. The highest BCUT2D eigenvalue weighted by molar-refractivity contribution is 14.1. The molecule has 1 atom stereocenters. The third-order valence-electron chi connectivity index (χ3n) is 2.56. The van der Waals surface area contributed by atoms with Crippen molar-refractivity contribution in [1.29, 1.82) is 0 Å². The van der Waals surface area contributed by atoms with Crippen LogP contribution in [0.4, 0.5) is 0 Å². The molecular formula is C10H20INO3S. The first-order valence-electron chi connectivity index (χ1n) is 5.79. The second-order valence-electron chi connectivity index (χ2n) is 4.06. The third kappa shape index (κ3) is 6.36. The molecule has 1 aliphatic rings. The van der Waals surface area contributed by atoms with Crippen LogP contribution in [-0.2, 0) is 14.8 Å². The Bertz CT molecular complexity index is 276. The quantitative estimate of drug-likeness (QED) is 0.407. The summed E-state index contributed by atoms with van der Waals surface area (Å²) in [7, 11) is -3.13. The van der Waals surface area contributed by atoms with Crippen molar-refractivity contribution in [3.8, 4) is 0 Å². The van der Waals surface area contributed by atoms with Crippen LogP contribution >= 0.6 is 22.6 Å². The predicted molar refractivity (Wildman–Crippen MR) is 73.5 cm³/mol. The first kappa shape index (κ1) is 14.7. The zero-order chi connectivity index (χ0) is 11.9. The van der Waals surface area contributed by atoms with Crippen molar-refractivity contribution in [2.75, 3.05) is 23.3 Å². The molecule has 0 aliphatic carbocycles. The molecule has 16 heavy (non-hydrogen) atoms. The fourth-order valence-electron chi connectivity index (χ4n) is 1.70. The van der Waals surface area contributed by atoms with E-state index in [-0.39, 0.29) is 11.9 Å². The van der Waals surface area contributed by atoms with Crippen molar-refractivity contribution in [1.82, 2.24) is 4.72 Å². The van der Waals surface area contributed by atoms with Crippen molar-refractivity contribution in [3.63, 3.8) is 0 Å². The largest absolute Gasteiger partial charge is 0.377 e. The van der Waals surface area contributed by atoms with Crippen LogP contribution in [0, 0.1) is 0 Å². The molecule has 1 saturated heterocycles. The van der Waals surface area contributed by atoms with Crippen LogP contribution in [0.2, 0.25) is 0 Å². The minimum atomic E-state index is -3.13. The number of unbranched alkanes of at least 4 members (excludes halogenated alkanes) is 2. The van der Waals surface area contributed by atoms with Crippen LogP contribution in [0.1, 0.15) is 32.1 Å². The van der Waals surface area contributed by atoms with Gasteiger partial charge in [-0.25, -0.2) is 13.1 Å². The van der Waals surface area contributed by atoms with Crippen LogP contribution < -0.4 is 4.72 Å². The number of hydrogen-bond donors (Lipinski definition) is 1. The highest BCUT2D eigenvalue weighted by atomic mass is 127. The molecule has 1 rings (SSSR count). The van der Waals surface area contributed by atoms with Gasteiger partial charge >= 0.3 is 0 Å². The molecule has 4 nitrogen and oxygen atoms in total. The highest BCUT2D eigenvalue weighted by Gasteiger charge is 2.22. The SMILES string of the molecule is O=S(=O)(CC1CCCO1)NCCCCCI. The number of rotatable bonds is 8. The number of nitrogens with one attached hydrogen (secondary N) is 1. The van der Waals surface area contributed by atoms with Crippen molar-refractivity contribution in [2.45, 2.75) is 38.2 Å². The Hall–Kier alpha value is 0.600. The van der Waals surface area contributed by atoms with E-state index in [2.05, 4.69) is 27.3 Å². The number of ether oxygens (including phenoxy) is 1. The van der Waals surface area contributed by atoms with Crippen LogP contribution in [-0.4, -0.2) is 37.9 Å². The van der Waals surface area contributed by atoms with E-state index in [0.29, 0.717) is 13.2 Å². The Kier molecular flexibility index (Phi) is 7.18. The van der Waals surface area contributed by atoms with Gasteiger partial charge in [0, 0.05) is 13.2 Å². The van der Waals surface area contributed by atoms with E-state index >= 15 is 0 Å². The van der Waals surface area contributed by atoms with Gasteiger partial charge in [0.15, 0.2) is 0 Å². The van der Waals surface area contributed by atoms with Gasteiger partial charge in [0.1, 0.15) is 0 Å². The van der Waals surface area contributed by atoms with Crippen molar-refractivity contribution < 1.29 is 13.2 Å². The summed E-state index contributed by atoms with van der Waals surface area (Å²) in [6, 6.07) is 0. The van der Waals surface area contributed by atoms with Gasteiger partial charge in [0.05, 0.1) is 11.9 Å². The molecule has 6 heteroatoms. The maximum Gasteiger partial charge on any atom is 0.214 e. The Balaban J connectivity index is 2.13. The predicted octanol–water partition coefficient (Wildman–Crippen LogP) is 1.69. The monoisotopic (exact) mass is 361 g/mol. The summed E-state index contributed by atoms with van der Waals surface area (Å²) in [6.45, 7) is 1.27. The van der Waals surface area contributed by atoms with Gasteiger partial charge in [0.2, 0.25) is 10.0 Å². The molecule has 0 aromatic heterocycles. The van der Waals surface area contributed by atoms with Crippen molar-refractivity contribution in [2.24, 2.45) is 0 Å². The molecule has 0 amide bonds. The van der Waals surface area contributed by atoms with Gasteiger partial charge < -0.3 is 4.74 Å². The summed E-state index contributed by atoms with van der Waals surface area (Å²) >= 11 is 2.33. The molecule has 1 unspecified atom stereocenters. The van der Waals surface area contributed by atoms with E-state index < -0.39 is 10.0 Å². The van der Waals surface area contributed by atoms with E-state index in [9.17, 15) is 8.42 Å². The summed E-state index contributed by atoms with van der Waals surface area (Å²) < 4.78 is 32.3. The fraction of sp³-hybridized carbons (Fsp3) is 1.00. The Labute approximate surface area is 112 Å². The first-order chi connectivity index (χ1) is 7.64. The molecular weight excluding hydrogens is 341 g/mol. The minimum Gasteiger partial charge on any atom is -0.377 e. The van der Waals surface area contributed by atoms with Gasteiger partial charge in [-0.3, -0.25) is 0 Å². The smallest absolute Gasteiger partial charge is 0.214 e. The lowest BCUT2D eigenvalue weighted by atomic mass is 10.3. The number of alkyl halides is 1. The number of hydrogen-bond acceptors (Lipinski definition) is 3. The molecule has 1 heterocycles. The molecule has 0 aromatic carbocycles. The fourth-order valence-corrected chi connectivity index (χ4v) is 3.57. The van der Waals surface area contributed by atoms with Gasteiger partial charge in [-0.05, 0) is 30.1 Å². The lowest BCUT2D eigenvalue weighted by molar-refractivity contribution is 0.127. The van der Waals surface area contributed by atoms with Crippen molar-refractivity contribution in [3.05, 3.63) is 0 Å². The van der Waals surface area contributed by atoms with E-state index in [0.717, 1.165) is 36.5 Å². The second-order valence-corrected chi connectivity index (χ2v) is 6.99. The maximum absolute atomic E-state index is 11.6. The molecule has 0 bridgehead atoms. The standard InChI is InChI=1S/C10H20INO3S/c11-6-2-1-3-7-12-16(13,14)9-10-5-4-8-15-10/h10,12H,1-9H2. The van der Waals surface area contributed by atoms with Crippen LogP contribution in [0.15, 0.2) is 0 Å². The highest BCUT2D eigenvalue weighted by Crippen LogP contribution is 2.13. The van der Waals surface area contributed by atoms with Gasteiger partial charge in [-0.2, -0.15) is 0 Å². The number of halogens is 1. The second kappa shape index (κ2) is 7.84. The molecule has 96 valence electrons. The third-order valence-corrected chi connectivity index (χ3v) is 4.78. The average Bonchev–Trinajstić information content (AvgIpc) is 2.69. The van der Waals surface area contributed by atoms with Gasteiger partial charge in [0.25, 0.3) is 0 Å².